The molecule has 1 heterocycles. The summed E-state index contributed by atoms with van der Waals surface area (Å²) in [5, 5.41) is 0.635. The van der Waals surface area contributed by atoms with E-state index in [2.05, 4.69) is 25.8 Å². The van der Waals surface area contributed by atoms with Gasteiger partial charge in [-0.1, -0.05) is 45.0 Å². The molecule has 0 saturated heterocycles. The fraction of sp³-hybridized carbons (Fsp3) is 0.222. The number of aromatic amines is 1. The van der Waals surface area contributed by atoms with E-state index >= 15 is 0 Å². The number of nitrogens with one attached hydrogen (secondary N) is 1. The molecule has 0 amide bonds. The predicted molar refractivity (Wildman–Crippen MR) is 93.4 cm³/mol. The number of benzene rings is 2. The first-order valence-electron chi connectivity index (χ1n) is 7.23. The summed E-state index contributed by atoms with van der Waals surface area (Å²) in [6.45, 7) is 6.49. The van der Waals surface area contributed by atoms with E-state index < -0.39 is 0 Å². The minimum Gasteiger partial charge on any atom is -0.331 e. The predicted octanol–water partition coefficient (Wildman–Crippen LogP) is 4.35. The van der Waals surface area contributed by atoms with Crippen LogP contribution in [0.15, 0.2) is 53.3 Å². The Bertz CT molecular complexity index is 944. The lowest BCUT2D eigenvalue weighted by molar-refractivity contribution is 0.590. The molecule has 0 saturated carbocycles. The van der Waals surface area contributed by atoms with Gasteiger partial charge in [-0.3, -0.25) is 9.36 Å². The van der Waals surface area contributed by atoms with Gasteiger partial charge >= 0.3 is 0 Å². The van der Waals surface area contributed by atoms with Gasteiger partial charge < -0.3 is 4.98 Å². The van der Waals surface area contributed by atoms with Gasteiger partial charge in [-0.2, -0.15) is 0 Å². The molecule has 0 aliphatic carbocycles. The van der Waals surface area contributed by atoms with E-state index in [-0.39, 0.29) is 11.0 Å². The average Bonchev–Trinajstić information content (AvgIpc) is 2.47. The molecular weight excluding hydrogens is 292 g/mol. The molecule has 3 rings (SSSR count). The van der Waals surface area contributed by atoms with Crippen LogP contribution in [-0.4, -0.2) is 9.55 Å². The Morgan fingerprint density at radius 3 is 2.27 bits per heavy atom. The summed E-state index contributed by atoms with van der Waals surface area (Å²) < 4.78 is 1.96. The molecule has 1 N–H and O–H groups in total. The largest absolute Gasteiger partial charge is 0.331 e. The van der Waals surface area contributed by atoms with E-state index in [4.69, 9.17) is 12.2 Å². The van der Waals surface area contributed by atoms with Crippen LogP contribution in [0.1, 0.15) is 26.3 Å². The van der Waals surface area contributed by atoms with Crippen molar-refractivity contribution in [2.45, 2.75) is 26.2 Å². The smallest absolute Gasteiger partial charge is 0.266 e. The van der Waals surface area contributed by atoms with Gasteiger partial charge in [0.2, 0.25) is 0 Å². The second-order valence-corrected chi connectivity index (χ2v) is 6.80. The monoisotopic (exact) mass is 310 g/mol. The van der Waals surface area contributed by atoms with Crippen molar-refractivity contribution in [2.24, 2.45) is 0 Å². The van der Waals surface area contributed by atoms with Crippen LogP contribution in [0.2, 0.25) is 0 Å². The number of nitrogens with zero attached hydrogens (tertiary/aromatic N) is 1. The van der Waals surface area contributed by atoms with Crippen molar-refractivity contribution in [3.63, 3.8) is 0 Å². The first-order chi connectivity index (χ1) is 10.4. The fourth-order valence-electron chi connectivity index (χ4n) is 2.51. The topological polar surface area (TPSA) is 37.8 Å². The van der Waals surface area contributed by atoms with E-state index in [1.165, 1.54) is 5.56 Å². The van der Waals surface area contributed by atoms with Gasteiger partial charge in [0.25, 0.3) is 5.56 Å². The molecule has 112 valence electrons. The summed E-state index contributed by atoms with van der Waals surface area (Å²) in [6, 6.07) is 15.4. The molecule has 0 aliphatic heterocycles. The average molecular weight is 310 g/mol. The number of H-pyrrole nitrogens is 1. The maximum atomic E-state index is 12.7. The third kappa shape index (κ3) is 2.50. The number of rotatable bonds is 1. The normalized spacial score (nSPS) is 11.8. The van der Waals surface area contributed by atoms with Gasteiger partial charge in [-0.15, -0.1) is 0 Å². The zero-order chi connectivity index (χ0) is 15.9. The van der Waals surface area contributed by atoms with Gasteiger partial charge in [-0.05, 0) is 47.5 Å². The lowest BCUT2D eigenvalue weighted by Crippen LogP contribution is -2.20. The van der Waals surface area contributed by atoms with Gasteiger partial charge in [-0.25, -0.2) is 0 Å². The lowest BCUT2D eigenvalue weighted by atomic mass is 9.87. The molecule has 0 aliphatic rings. The molecule has 0 atom stereocenters. The van der Waals surface area contributed by atoms with Crippen molar-refractivity contribution >= 4 is 23.1 Å². The Morgan fingerprint density at radius 2 is 1.64 bits per heavy atom. The Kier molecular flexibility index (Phi) is 3.49. The zero-order valence-electron chi connectivity index (χ0n) is 12.9. The van der Waals surface area contributed by atoms with Crippen LogP contribution in [0.25, 0.3) is 16.6 Å². The first kappa shape index (κ1) is 14.7. The minimum atomic E-state index is -0.0946. The molecule has 0 radical (unpaired) electrons. The molecule has 0 unspecified atom stereocenters. The minimum absolute atomic E-state index is 0.0792. The third-order valence-corrected chi connectivity index (χ3v) is 4.08. The standard InChI is InChI=1S/C18H18N2OS/c1-18(2,3)12-8-10-13(11-9-12)20-16(21)14-6-4-5-7-15(14)19-17(20)22/h4-11H,1-3H3,(H,19,22). The highest BCUT2D eigenvalue weighted by atomic mass is 32.1. The maximum Gasteiger partial charge on any atom is 0.266 e. The van der Waals surface area contributed by atoms with Crippen LogP contribution < -0.4 is 5.56 Å². The highest BCUT2D eigenvalue weighted by Crippen LogP contribution is 2.23. The molecule has 0 spiro atoms. The second kappa shape index (κ2) is 5.21. The number of aromatic nitrogens is 2. The Hall–Kier alpha value is -2.20. The fourth-order valence-corrected chi connectivity index (χ4v) is 2.81. The highest BCUT2D eigenvalue weighted by Gasteiger charge is 2.14. The van der Waals surface area contributed by atoms with Crippen LogP contribution in [0, 0.1) is 4.77 Å². The van der Waals surface area contributed by atoms with Gasteiger partial charge in [0.1, 0.15) is 0 Å². The van der Waals surface area contributed by atoms with E-state index in [0.29, 0.717) is 10.2 Å². The molecule has 2 aromatic carbocycles. The van der Waals surface area contributed by atoms with Crippen molar-refractivity contribution in [3.05, 3.63) is 69.2 Å². The maximum absolute atomic E-state index is 12.7. The summed E-state index contributed by atoms with van der Waals surface area (Å²) in [4.78, 5) is 15.8. The van der Waals surface area contributed by atoms with Crippen molar-refractivity contribution in [2.75, 3.05) is 0 Å². The third-order valence-electron chi connectivity index (χ3n) is 3.80. The van der Waals surface area contributed by atoms with Crippen molar-refractivity contribution in [3.8, 4) is 5.69 Å². The molecular formula is C18H18N2OS. The second-order valence-electron chi connectivity index (χ2n) is 6.41. The van der Waals surface area contributed by atoms with Crippen molar-refractivity contribution < 1.29 is 0 Å². The van der Waals surface area contributed by atoms with Crippen LogP contribution in [0.5, 0.6) is 0 Å². The molecule has 22 heavy (non-hydrogen) atoms. The van der Waals surface area contributed by atoms with Crippen LogP contribution >= 0.6 is 12.2 Å². The van der Waals surface area contributed by atoms with Gasteiger partial charge in [0.05, 0.1) is 16.6 Å². The summed E-state index contributed by atoms with van der Waals surface area (Å²) in [7, 11) is 0. The number of hydrogen-bond donors (Lipinski definition) is 1. The summed E-state index contributed by atoms with van der Waals surface area (Å²) in [5.74, 6) is 0. The molecule has 3 nitrogen and oxygen atoms in total. The number of hydrogen-bond acceptors (Lipinski definition) is 2. The Balaban J connectivity index is 2.23. The quantitative estimate of drug-likeness (QED) is 0.679. The summed E-state index contributed by atoms with van der Waals surface area (Å²) in [6.07, 6.45) is 0. The van der Waals surface area contributed by atoms with Crippen LogP contribution in [0.4, 0.5) is 0 Å². The van der Waals surface area contributed by atoms with E-state index in [9.17, 15) is 4.79 Å². The lowest BCUT2D eigenvalue weighted by Gasteiger charge is -2.19. The molecule has 0 bridgehead atoms. The van der Waals surface area contributed by atoms with Gasteiger partial charge in [0, 0.05) is 0 Å². The SMILES string of the molecule is CC(C)(C)c1ccc(-n2c(=S)[nH]c3ccccc3c2=O)cc1. The van der Waals surface area contributed by atoms with Crippen molar-refractivity contribution in [1.29, 1.82) is 0 Å². The molecule has 3 aromatic rings. The van der Waals surface area contributed by atoms with E-state index in [1.54, 1.807) is 4.57 Å². The number of fused-ring (bicyclic) bond motifs is 1. The van der Waals surface area contributed by atoms with Gasteiger partial charge in [0.15, 0.2) is 4.77 Å². The summed E-state index contributed by atoms with van der Waals surface area (Å²) in [5.41, 5.74) is 2.75. The van der Waals surface area contributed by atoms with Crippen LogP contribution in [0.3, 0.4) is 0 Å². The number of para-hydroxylation sites is 1. The Labute approximate surface area is 134 Å². The zero-order valence-corrected chi connectivity index (χ0v) is 13.7. The van der Waals surface area contributed by atoms with Crippen molar-refractivity contribution in [1.82, 2.24) is 9.55 Å². The molecule has 0 fully saturated rings. The Morgan fingerprint density at radius 1 is 1.00 bits per heavy atom. The molecule has 1 aromatic heterocycles. The highest BCUT2D eigenvalue weighted by molar-refractivity contribution is 7.71. The summed E-state index contributed by atoms with van der Waals surface area (Å²) >= 11 is 5.36. The first-order valence-corrected chi connectivity index (χ1v) is 7.64. The van der Waals surface area contributed by atoms with E-state index in [1.807, 2.05) is 48.5 Å². The molecule has 4 heteroatoms. The van der Waals surface area contributed by atoms with E-state index in [0.717, 1.165) is 11.2 Å². The van der Waals surface area contributed by atoms with Crippen LogP contribution in [-0.2, 0) is 5.41 Å².